The van der Waals surface area contributed by atoms with Crippen LogP contribution < -0.4 is 5.73 Å². The average molecular weight is 256 g/mol. The van der Waals surface area contributed by atoms with E-state index in [0.717, 1.165) is 24.9 Å². The Labute approximate surface area is 101 Å². The molecule has 0 fully saturated rings. The lowest BCUT2D eigenvalue weighted by Gasteiger charge is -2.20. The summed E-state index contributed by atoms with van der Waals surface area (Å²) in [6.45, 7) is 5.77. The number of fused-ring (bicyclic) bond motifs is 1. The molecule has 1 aliphatic rings. The molecule has 17 heavy (non-hydrogen) atoms. The van der Waals surface area contributed by atoms with Crippen LogP contribution in [0.1, 0.15) is 12.1 Å². The first-order valence-electron chi connectivity index (χ1n) is 5.34. The molecule has 0 aliphatic carbocycles. The molecule has 1 aliphatic heterocycles. The number of hydrogen-bond acceptors (Lipinski definition) is 5. The van der Waals surface area contributed by atoms with Crippen molar-refractivity contribution in [1.29, 1.82) is 0 Å². The topological polar surface area (TPSA) is 81.2 Å². The summed E-state index contributed by atoms with van der Waals surface area (Å²) < 4.78 is 24.6. The third-order valence-electron chi connectivity index (χ3n) is 2.78. The van der Waals surface area contributed by atoms with E-state index in [1.807, 2.05) is 4.90 Å². The fraction of sp³-hybridized carbons (Fsp3) is 0.500. The highest BCUT2D eigenvalue weighted by Gasteiger charge is 2.20. The number of nitrogens with zero attached hydrogens (tertiary/aromatic N) is 3. The molecule has 2 N–H and O–H groups in total. The van der Waals surface area contributed by atoms with Crippen LogP contribution in [0.5, 0.6) is 0 Å². The van der Waals surface area contributed by atoms with Crippen molar-refractivity contribution in [2.75, 3.05) is 12.8 Å². The molecule has 0 atom stereocenters. The molecule has 2 heterocycles. The Morgan fingerprint density at radius 3 is 2.82 bits per heavy atom. The first-order chi connectivity index (χ1) is 7.88. The van der Waals surface area contributed by atoms with Gasteiger partial charge in [-0.15, -0.1) is 0 Å². The van der Waals surface area contributed by atoms with Gasteiger partial charge in [0, 0.05) is 25.4 Å². The zero-order chi connectivity index (χ0) is 12.6. The molecule has 1 aromatic heterocycles. The molecule has 0 aromatic carbocycles. The number of aryl methyl sites for hydroxylation is 1. The number of hydrogen-bond donors (Lipinski definition) is 1. The maximum atomic E-state index is 11.4. The summed E-state index contributed by atoms with van der Waals surface area (Å²) >= 11 is 0. The van der Waals surface area contributed by atoms with Crippen LogP contribution in [0.25, 0.3) is 0 Å². The minimum absolute atomic E-state index is 0.122. The van der Waals surface area contributed by atoms with E-state index in [-0.39, 0.29) is 5.03 Å². The van der Waals surface area contributed by atoms with Crippen LogP contribution in [0.2, 0.25) is 0 Å². The number of aromatic nitrogens is 2. The highest BCUT2D eigenvalue weighted by atomic mass is 32.2. The Hall–Kier alpha value is -1.50. The van der Waals surface area contributed by atoms with E-state index in [4.69, 9.17) is 5.73 Å². The Kier molecular flexibility index (Phi) is 2.86. The molecule has 0 saturated carbocycles. The standard InChI is InChI=1S/C10H16N4O2S/c1-8(11)13-4-3-5-14-9(7-13)6-10(12-14)17(2,15)16/h6H,1,3-5,7,11H2,2H3. The largest absolute Gasteiger partial charge is 0.386 e. The summed E-state index contributed by atoms with van der Waals surface area (Å²) in [5.41, 5.74) is 6.53. The lowest BCUT2D eigenvalue weighted by atomic mass is 10.4. The minimum atomic E-state index is -3.25. The lowest BCUT2D eigenvalue weighted by Crippen LogP contribution is -2.26. The number of nitrogens with two attached hydrogens (primary N) is 1. The zero-order valence-electron chi connectivity index (χ0n) is 9.76. The normalized spacial score (nSPS) is 16.4. The van der Waals surface area contributed by atoms with Gasteiger partial charge in [-0.2, -0.15) is 5.10 Å². The second-order valence-corrected chi connectivity index (χ2v) is 6.20. The van der Waals surface area contributed by atoms with Crippen molar-refractivity contribution in [2.24, 2.45) is 5.73 Å². The molecule has 0 spiro atoms. The molecule has 0 amide bonds. The third-order valence-corrected chi connectivity index (χ3v) is 3.74. The molecule has 0 bridgehead atoms. The van der Waals surface area contributed by atoms with Crippen molar-refractivity contribution in [3.8, 4) is 0 Å². The molecular formula is C10H16N4O2S. The highest BCUT2D eigenvalue weighted by Crippen LogP contribution is 2.17. The summed E-state index contributed by atoms with van der Waals surface area (Å²) in [4.78, 5) is 1.92. The van der Waals surface area contributed by atoms with Gasteiger partial charge in [-0.1, -0.05) is 6.58 Å². The summed E-state index contributed by atoms with van der Waals surface area (Å²) in [6.07, 6.45) is 2.03. The van der Waals surface area contributed by atoms with Gasteiger partial charge in [-0.05, 0) is 6.42 Å². The predicted octanol–water partition coefficient (Wildman–Crippen LogP) is -0.0778. The molecule has 7 heteroatoms. The summed E-state index contributed by atoms with van der Waals surface area (Å²) in [5.74, 6) is 0.501. The van der Waals surface area contributed by atoms with Gasteiger partial charge in [0.1, 0.15) is 0 Å². The van der Waals surface area contributed by atoms with E-state index < -0.39 is 9.84 Å². The van der Waals surface area contributed by atoms with Crippen molar-refractivity contribution >= 4 is 9.84 Å². The van der Waals surface area contributed by atoms with Crippen molar-refractivity contribution in [1.82, 2.24) is 14.7 Å². The first-order valence-corrected chi connectivity index (χ1v) is 7.23. The smallest absolute Gasteiger partial charge is 0.194 e. The predicted molar refractivity (Wildman–Crippen MR) is 63.7 cm³/mol. The first kappa shape index (κ1) is 12.0. The summed E-state index contributed by atoms with van der Waals surface area (Å²) in [7, 11) is -3.25. The Morgan fingerprint density at radius 2 is 2.24 bits per heavy atom. The van der Waals surface area contributed by atoms with E-state index in [1.54, 1.807) is 10.7 Å². The number of rotatable bonds is 2. The van der Waals surface area contributed by atoms with Crippen LogP contribution in [0.3, 0.4) is 0 Å². The van der Waals surface area contributed by atoms with Crippen LogP contribution in [-0.2, 0) is 22.9 Å². The van der Waals surface area contributed by atoms with E-state index in [9.17, 15) is 8.42 Å². The molecule has 0 radical (unpaired) electrons. The second-order valence-electron chi connectivity index (χ2n) is 4.24. The monoisotopic (exact) mass is 256 g/mol. The quantitative estimate of drug-likeness (QED) is 0.800. The van der Waals surface area contributed by atoms with Gasteiger partial charge in [-0.3, -0.25) is 4.68 Å². The lowest BCUT2D eigenvalue weighted by molar-refractivity contribution is 0.339. The maximum Gasteiger partial charge on any atom is 0.194 e. The van der Waals surface area contributed by atoms with Gasteiger partial charge in [-0.25, -0.2) is 8.42 Å². The molecule has 0 saturated heterocycles. The molecule has 1 aromatic rings. The molecule has 94 valence electrons. The summed E-state index contributed by atoms with van der Waals surface area (Å²) in [5, 5.41) is 4.23. The van der Waals surface area contributed by atoms with Crippen LogP contribution in [-0.4, -0.2) is 35.9 Å². The molecule has 0 unspecified atom stereocenters. The second kappa shape index (κ2) is 4.06. The fourth-order valence-electron chi connectivity index (χ4n) is 1.86. The van der Waals surface area contributed by atoms with E-state index >= 15 is 0 Å². The van der Waals surface area contributed by atoms with Crippen LogP contribution in [0.15, 0.2) is 23.5 Å². The SMILES string of the molecule is C=C(N)N1CCCn2nc(S(C)(=O)=O)cc2C1. The molecule has 6 nitrogen and oxygen atoms in total. The van der Waals surface area contributed by atoms with Crippen molar-refractivity contribution in [3.05, 3.63) is 24.2 Å². The number of sulfone groups is 1. The molecule has 2 rings (SSSR count). The maximum absolute atomic E-state index is 11.4. The average Bonchev–Trinajstić information content (AvgIpc) is 2.50. The third kappa shape index (κ3) is 2.44. The molecular weight excluding hydrogens is 240 g/mol. The van der Waals surface area contributed by atoms with Crippen molar-refractivity contribution in [3.63, 3.8) is 0 Å². The minimum Gasteiger partial charge on any atom is -0.386 e. The Balaban J connectivity index is 2.36. The highest BCUT2D eigenvalue weighted by molar-refractivity contribution is 7.90. The Morgan fingerprint density at radius 1 is 1.53 bits per heavy atom. The van der Waals surface area contributed by atoms with Crippen LogP contribution >= 0.6 is 0 Å². The van der Waals surface area contributed by atoms with Gasteiger partial charge in [0.15, 0.2) is 14.9 Å². The van der Waals surface area contributed by atoms with Crippen LogP contribution in [0.4, 0.5) is 0 Å². The summed E-state index contributed by atoms with van der Waals surface area (Å²) in [6, 6.07) is 1.61. The van der Waals surface area contributed by atoms with E-state index in [1.165, 1.54) is 0 Å². The zero-order valence-corrected chi connectivity index (χ0v) is 10.6. The Bertz CT molecular complexity index is 547. The van der Waals surface area contributed by atoms with Gasteiger partial charge in [0.2, 0.25) is 0 Å². The van der Waals surface area contributed by atoms with Gasteiger partial charge < -0.3 is 10.6 Å². The van der Waals surface area contributed by atoms with E-state index in [2.05, 4.69) is 11.7 Å². The van der Waals surface area contributed by atoms with Crippen molar-refractivity contribution < 1.29 is 8.42 Å². The van der Waals surface area contributed by atoms with Gasteiger partial charge in [0.05, 0.1) is 18.1 Å². The fourth-order valence-corrected chi connectivity index (χ4v) is 2.46. The van der Waals surface area contributed by atoms with E-state index in [0.29, 0.717) is 18.9 Å². The van der Waals surface area contributed by atoms with Gasteiger partial charge >= 0.3 is 0 Å². The van der Waals surface area contributed by atoms with Crippen molar-refractivity contribution in [2.45, 2.75) is 24.5 Å². The van der Waals surface area contributed by atoms with Gasteiger partial charge in [0.25, 0.3) is 0 Å². The van der Waals surface area contributed by atoms with Crippen LogP contribution in [0, 0.1) is 0 Å².